The maximum Gasteiger partial charge on any atom is 0.239 e. The molecular weight excluding hydrogens is 260 g/mol. The molecule has 0 spiro atoms. The largest absolute Gasteiger partial charge is 0.337 e. The molecule has 0 saturated carbocycles. The number of nitrogens with zero attached hydrogens (tertiary/aromatic N) is 1. The first kappa shape index (κ1) is 16.0. The van der Waals surface area contributed by atoms with Crippen LogP contribution < -0.4 is 5.32 Å². The third kappa shape index (κ3) is 3.95. The Hall–Kier alpha value is -1.06. The van der Waals surface area contributed by atoms with Crippen LogP contribution in [0.1, 0.15) is 30.9 Å². The van der Waals surface area contributed by atoms with Crippen molar-refractivity contribution in [1.82, 2.24) is 10.2 Å². The minimum atomic E-state index is 0. The summed E-state index contributed by atoms with van der Waals surface area (Å²) in [7, 11) is 0. The van der Waals surface area contributed by atoms with Crippen molar-refractivity contribution in [2.75, 3.05) is 13.1 Å². The van der Waals surface area contributed by atoms with Crippen LogP contribution in [0.3, 0.4) is 0 Å². The van der Waals surface area contributed by atoms with Crippen molar-refractivity contribution in [2.45, 2.75) is 39.3 Å². The number of benzene rings is 1. The number of amides is 1. The van der Waals surface area contributed by atoms with E-state index in [2.05, 4.69) is 24.4 Å². The maximum atomic E-state index is 12.4. The van der Waals surface area contributed by atoms with Crippen LogP contribution in [0.25, 0.3) is 0 Å². The Bertz CT molecular complexity index is 416. The van der Waals surface area contributed by atoms with Crippen molar-refractivity contribution in [1.29, 1.82) is 0 Å². The van der Waals surface area contributed by atoms with Crippen LogP contribution in [0.15, 0.2) is 24.3 Å². The lowest BCUT2D eigenvalue weighted by atomic mass is 10.1. The second-order valence-electron chi connectivity index (χ2n) is 4.93. The summed E-state index contributed by atoms with van der Waals surface area (Å²) in [5, 5.41) is 3.28. The van der Waals surface area contributed by atoms with E-state index in [1.54, 1.807) is 0 Å². The molecule has 1 N–H and O–H groups in total. The van der Waals surface area contributed by atoms with Gasteiger partial charge in [-0.3, -0.25) is 4.79 Å². The van der Waals surface area contributed by atoms with Gasteiger partial charge >= 0.3 is 0 Å². The van der Waals surface area contributed by atoms with Gasteiger partial charge in [-0.05, 0) is 44.4 Å². The van der Waals surface area contributed by atoms with Crippen molar-refractivity contribution in [2.24, 2.45) is 0 Å². The number of aryl methyl sites for hydroxylation is 1. The Morgan fingerprint density at radius 2 is 2.16 bits per heavy atom. The van der Waals surface area contributed by atoms with Gasteiger partial charge in [-0.25, -0.2) is 0 Å². The summed E-state index contributed by atoms with van der Waals surface area (Å²) in [6, 6.07) is 8.31. The smallest absolute Gasteiger partial charge is 0.239 e. The zero-order valence-electron chi connectivity index (χ0n) is 11.7. The van der Waals surface area contributed by atoms with Crippen LogP contribution in [0.2, 0.25) is 0 Å². The van der Waals surface area contributed by atoms with Crippen LogP contribution >= 0.6 is 12.4 Å². The highest BCUT2D eigenvalue weighted by molar-refractivity contribution is 5.85. The molecule has 1 saturated heterocycles. The highest BCUT2D eigenvalue weighted by Gasteiger charge is 2.26. The molecule has 0 aromatic heterocycles. The predicted molar refractivity (Wildman–Crippen MR) is 80.5 cm³/mol. The molecule has 1 heterocycles. The molecule has 1 amide bonds. The van der Waals surface area contributed by atoms with Gasteiger partial charge in [0, 0.05) is 13.1 Å². The summed E-state index contributed by atoms with van der Waals surface area (Å²) in [6.07, 6.45) is 2.08. The van der Waals surface area contributed by atoms with Gasteiger partial charge in [0.15, 0.2) is 0 Å². The fraction of sp³-hybridized carbons (Fsp3) is 0.533. The fourth-order valence-corrected chi connectivity index (χ4v) is 2.45. The molecule has 106 valence electrons. The lowest BCUT2D eigenvalue weighted by Gasteiger charge is -2.25. The lowest BCUT2D eigenvalue weighted by Crippen LogP contribution is -2.43. The SMILES string of the molecule is CCN(Cc1ccccc1C)C(=O)[C@@H]1CCCN1.Cl. The normalized spacial score (nSPS) is 17.9. The van der Waals surface area contributed by atoms with E-state index in [0.717, 1.165) is 32.5 Å². The fourth-order valence-electron chi connectivity index (χ4n) is 2.45. The molecule has 0 bridgehead atoms. The molecule has 1 aliphatic rings. The van der Waals surface area contributed by atoms with Gasteiger partial charge in [-0.1, -0.05) is 24.3 Å². The Morgan fingerprint density at radius 3 is 2.74 bits per heavy atom. The third-order valence-corrected chi connectivity index (χ3v) is 3.67. The van der Waals surface area contributed by atoms with E-state index in [4.69, 9.17) is 0 Å². The van der Waals surface area contributed by atoms with Gasteiger partial charge < -0.3 is 10.2 Å². The molecule has 0 aliphatic carbocycles. The number of carbonyl (C=O) groups excluding carboxylic acids is 1. The van der Waals surface area contributed by atoms with Crippen LogP contribution in [0.4, 0.5) is 0 Å². The van der Waals surface area contributed by atoms with Crippen LogP contribution in [0.5, 0.6) is 0 Å². The van der Waals surface area contributed by atoms with Gasteiger partial charge in [-0.15, -0.1) is 12.4 Å². The van der Waals surface area contributed by atoms with Gasteiger partial charge in [-0.2, -0.15) is 0 Å². The summed E-state index contributed by atoms with van der Waals surface area (Å²) in [5.41, 5.74) is 2.49. The number of carbonyl (C=O) groups is 1. The molecule has 1 aromatic rings. The summed E-state index contributed by atoms with van der Waals surface area (Å²) in [6.45, 7) is 6.61. The van der Waals surface area contributed by atoms with E-state index in [1.165, 1.54) is 11.1 Å². The number of rotatable bonds is 4. The Labute approximate surface area is 121 Å². The summed E-state index contributed by atoms with van der Waals surface area (Å²) in [5.74, 6) is 0.248. The maximum absolute atomic E-state index is 12.4. The molecule has 0 unspecified atom stereocenters. The van der Waals surface area contributed by atoms with Crippen molar-refractivity contribution in [3.63, 3.8) is 0 Å². The van der Waals surface area contributed by atoms with Gasteiger partial charge in [0.05, 0.1) is 6.04 Å². The monoisotopic (exact) mass is 282 g/mol. The molecule has 1 atom stereocenters. The van der Waals surface area contributed by atoms with Gasteiger partial charge in [0.2, 0.25) is 5.91 Å². The standard InChI is InChI=1S/C15H22N2O.ClH/c1-3-17(15(18)14-9-6-10-16-14)11-13-8-5-4-7-12(13)2;/h4-5,7-8,14,16H,3,6,9-11H2,1-2H3;1H/t14-;/m0./s1. The molecule has 1 fully saturated rings. The average molecular weight is 283 g/mol. The summed E-state index contributed by atoms with van der Waals surface area (Å²) >= 11 is 0. The van der Waals surface area contributed by atoms with Crippen LogP contribution in [-0.2, 0) is 11.3 Å². The Balaban J connectivity index is 0.00000180. The molecule has 1 aromatic carbocycles. The summed E-state index contributed by atoms with van der Waals surface area (Å²) in [4.78, 5) is 14.3. The third-order valence-electron chi connectivity index (χ3n) is 3.67. The lowest BCUT2D eigenvalue weighted by molar-refractivity contribution is -0.133. The van der Waals surface area contributed by atoms with E-state index in [1.807, 2.05) is 24.0 Å². The Morgan fingerprint density at radius 1 is 1.42 bits per heavy atom. The van der Waals surface area contributed by atoms with Crippen molar-refractivity contribution < 1.29 is 4.79 Å². The molecular formula is C15H23ClN2O. The first-order valence-electron chi connectivity index (χ1n) is 6.79. The number of likely N-dealkylation sites (N-methyl/N-ethyl adjacent to an activating group) is 1. The number of halogens is 1. The van der Waals surface area contributed by atoms with E-state index >= 15 is 0 Å². The topological polar surface area (TPSA) is 32.3 Å². The molecule has 3 nitrogen and oxygen atoms in total. The minimum Gasteiger partial charge on any atom is -0.337 e. The Kier molecular flexibility index (Phi) is 6.32. The second kappa shape index (κ2) is 7.51. The van der Waals surface area contributed by atoms with Gasteiger partial charge in [0.25, 0.3) is 0 Å². The van der Waals surface area contributed by atoms with E-state index in [9.17, 15) is 4.79 Å². The highest BCUT2D eigenvalue weighted by atomic mass is 35.5. The number of hydrogen-bond donors (Lipinski definition) is 1. The van der Waals surface area contributed by atoms with Crippen molar-refractivity contribution in [3.8, 4) is 0 Å². The highest BCUT2D eigenvalue weighted by Crippen LogP contribution is 2.14. The number of hydrogen-bond acceptors (Lipinski definition) is 2. The molecule has 19 heavy (non-hydrogen) atoms. The zero-order chi connectivity index (χ0) is 13.0. The molecule has 2 rings (SSSR count). The first-order valence-corrected chi connectivity index (χ1v) is 6.79. The zero-order valence-corrected chi connectivity index (χ0v) is 12.5. The van der Waals surface area contributed by atoms with Crippen LogP contribution in [-0.4, -0.2) is 29.9 Å². The minimum absolute atomic E-state index is 0. The van der Waals surface area contributed by atoms with E-state index in [-0.39, 0.29) is 24.4 Å². The quantitative estimate of drug-likeness (QED) is 0.920. The van der Waals surface area contributed by atoms with E-state index in [0.29, 0.717) is 0 Å². The number of nitrogens with one attached hydrogen (secondary N) is 1. The van der Waals surface area contributed by atoms with E-state index < -0.39 is 0 Å². The van der Waals surface area contributed by atoms with Crippen molar-refractivity contribution >= 4 is 18.3 Å². The predicted octanol–water partition coefficient (Wildman–Crippen LogP) is 2.52. The average Bonchev–Trinajstić information content (AvgIpc) is 2.91. The molecule has 0 radical (unpaired) electrons. The van der Waals surface area contributed by atoms with Crippen LogP contribution in [0, 0.1) is 6.92 Å². The molecule has 1 aliphatic heterocycles. The first-order chi connectivity index (χ1) is 8.72. The molecule has 4 heteroatoms. The van der Waals surface area contributed by atoms with Gasteiger partial charge in [0.1, 0.15) is 0 Å². The summed E-state index contributed by atoms with van der Waals surface area (Å²) < 4.78 is 0. The van der Waals surface area contributed by atoms with Crippen molar-refractivity contribution in [3.05, 3.63) is 35.4 Å². The second-order valence-corrected chi connectivity index (χ2v) is 4.93.